The summed E-state index contributed by atoms with van der Waals surface area (Å²) in [7, 11) is 0. The summed E-state index contributed by atoms with van der Waals surface area (Å²) in [6, 6.07) is 12.6. The molecule has 0 bridgehead atoms. The van der Waals surface area contributed by atoms with Gasteiger partial charge in [0.25, 0.3) is 0 Å². The Balaban J connectivity index is 1.45. The summed E-state index contributed by atoms with van der Waals surface area (Å²) in [4.78, 5) is 33.1. The van der Waals surface area contributed by atoms with Gasteiger partial charge in [-0.15, -0.1) is 0 Å². The third-order valence-corrected chi connectivity index (χ3v) is 5.05. The van der Waals surface area contributed by atoms with E-state index in [4.69, 9.17) is 10.00 Å². The molecule has 1 aromatic heterocycles. The number of benzene rings is 1. The van der Waals surface area contributed by atoms with E-state index in [1.165, 1.54) is 0 Å². The van der Waals surface area contributed by atoms with Gasteiger partial charge in [-0.3, -0.25) is 9.59 Å². The number of ketones is 1. The van der Waals surface area contributed by atoms with Gasteiger partial charge in [0.2, 0.25) is 5.91 Å². The largest absolute Gasteiger partial charge is 0.494 e. The smallest absolute Gasteiger partial charge is 0.223 e. The zero-order chi connectivity index (χ0) is 21.3. The van der Waals surface area contributed by atoms with Crippen LogP contribution in [-0.4, -0.2) is 54.4 Å². The Morgan fingerprint density at radius 1 is 1.10 bits per heavy atom. The van der Waals surface area contributed by atoms with E-state index in [9.17, 15) is 9.59 Å². The standard InChI is InChI=1S/C23H26N4O3/c1-2-15-30-20-5-3-19(4-6-20)21(28)7-8-23(29)27-13-11-26(12-14-27)22-16-18(17-24)9-10-25-22/h3-6,9-10,16H,2,7-8,11-15H2,1H3. The molecule has 0 aliphatic carbocycles. The number of hydrogen-bond donors (Lipinski definition) is 0. The van der Waals surface area contributed by atoms with Crippen LogP contribution in [0.5, 0.6) is 5.75 Å². The van der Waals surface area contributed by atoms with Crippen molar-refractivity contribution in [2.45, 2.75) is 26.2 Å². The summed E-state index contributed by atoms with van der Waals surface area (Å²) in [6.07, 6.45) is 2.95. The summed E-state index contributed by atoms with van der Waals surface area (Å²) in [6.45, 7) is 5.15. The van der Waals surface area contributed by atoms with Crippen molar-refractivity contribution in [1.82, 2.24) is 9.88 Å². The lowest BCUT2D eigenvalue weighted by Gasteiger charge is -2.35. The summed E-state index contributed by atoms with van der Waals surface area (Å²) < 4.78 is 5.52. The third kappa shape index (κ3) is 5.57. The van der Waals surface area contributed by atoms with Crippen LogP contribution < -0.4 is 9.64 Å². The SMILES string of the molecule is CCCOc1ccc(C(=O)CCC(=O)N2CCN(c3cc(C#N)ccn3)CC2)cc1. The fourth-order valence-corrected chi connectivity index (χ4v) is 3.33. The fraction of sp³-hybridized carbons (Fsp3) is 0.391. The van der Waals surface area contributed by atoms with Crippen LogP contribution in [0.1, 0.15) is 42.1 Å². The number of rotatable bonds is 8. The van der Waals surface area contributed by atoms with Gasteiger partial charge < -0.3 is 14.5 Å². The van der Waals surface area contributed by atoms with E-state index in [2.05, 4.69) is 16.0 Å². The minimum Gasteiger partial charge on any atom is -0.494 e. The quantitative estimate of drug-likeness (QED) is 0.626. The second-order valence-electron chi connectivity index (χ2n) is 7.18. The maximum Gasteiger partial charge on any atom is 0.223 e. The first-order valence-electron chi connectivity index (χ1n) is 10.3. The highest BCUT2D eigenvalue weighted by Gasteiger charge is 2.22. The molecule has 1 saturated heterocycles. The van der Waals surface area contributed by atoms with Gasteiger partial charge in [-0.05, 0) is 42.8 Å². The van der Waals surface area contributed by atoms with Gasteiger partial charge in [0, 0.05) is 50.8 Å². The van der Waals surface area contributed by atoms with Crippen LogP contribution in [-0.2, 0) is 4.79 Å². The topological polar surface area (TPSA) is 86.5 Å². The molecule has 3 rings (SSSR count). The number of carbonyl (C=O) groups is 2. The van der Waals surface area contributed by atoms with Crippen LogP contribution in [0.3, 0.4) is 0 Å². The Kier molecular flexibility index (Phi) is 7.39. The molecule has 7 heteroatoms. The monoisotopic (exact) mass is 406 g/mol. The predicted molar refractivity (Wildman–Crippen MR) is 114 cm³/mol. The average Bonchev–Trinajstić information content (AvgIpc) is 2.81. The van der Waals surface area contributed by atoms with Gasteiger partial charge in [-0.2, -0.15) is 5.26 Å². The van der Waals surface area contributed by atoms with Crippen molar-refractivity contribution in [3.8, 4) is 11.8 Å². The molecule has 0 atom stereocenters. The number of aromatic nitrogens is 1. The second-order valence-corrected chi connectivity index (χ2v) is 7.18. The van der Waals surface area contributed by atoms with Crippen LogP contribution in [0, 0.1) is 11.3 Å². The molecule has 1 amide bonds. The fourth-order valence-electron chi connectivity index (χ4n) is 3.33. The van der Waals surface area contributed by atoms with Gasteiger partial charge in [0.15, 0.2) is 5.78 Å². The molecule has 1 fully saturated rings. The lowest BCUT2D eigenvalue weighted by Crippen LogP contribution is -2.49. The highest BCUT2D eigenvalue weighted by atomic mass is 16.5. The number of nitrogens with zero attached hydrogens (tertiary/aromatic N) is 4. The van der Waals surface area contributed by atoms with Crippen molar-refractivity contribution in [2.75, 3.05) is 37.7 Å². The number of carbonyl (C=O) groups excluding carboxylic acids is 2. The summed E-state index contributed by atoms with van der Waals surface area (Å²) in [5.74, 6) is 1.45. The molecule has 0 radical (unpaired) electrons. The van der Waals surface area contributed by atoms with E-state index in [-0.39, 0.29) is 24.5 Å². The minimum absolute atomic E-state index is 0.00960. The van der Waals surface area contributed by atoms with Crippen LogP contribution >= 0.6 is 0 Å². The Morgan fingerprint density at radius 2 is 1.83 bits per heavy atom. The molecule has 2 heterocycles. The van der Waals surface area contributed by atoms with Crippen LogP contribution in [0.4, 0.5) is 5.82 Å². The molecule has 1 aromatic carbocycles. The van der Waals surface area contributed by atoms with Gasteiger partial charge in [0.05, 0.1) is 18.2 Å². The van der Waals surface area contributed by atoms with Gasteiger partial charge in [-0.1, -0.05) is 6.92 Å². The summed E-state index contributed by atoms with van der Waals surface area (Å²) >= 11 is 0. The Bertz CT molecular complexity index is 913. The van der Waals surface area contributed by atoms with Crippen LogP contribution in [0.15, 0.2) is 42.6 Å². The molecule has 1 aliphatic heterocycles. The summed E-state index contributed by atoms with van der Waals surface area (Å²) in [5.41, 5.74) is 1.17. The first kappa shape index (κ1) is 21.3. The van der Waals surface area contributed by atoms with Crippen molar-refractivity contribution >= 4 is 17.5 Å². The predicted octanol–water partition coefficient (Wildman–Crippen LogP) is 3.05. The average molecular weight is 406 g/mol. The number of amides is 1. The van der Waals surface area contributed by atoms with Crippen molar-refractivity contribution in [2.24, 2.45) is 0 Å². The number of anilines is 1. The molecule has 1 aliphatic rings. The van der Waals surface area contributed by atoms with Crippen molar-refractivity contribution in [1.29, 1.82) is 5.26 Å². The molecule has 0 saturated carbocycles. The highest BCUT2D eigenvalue weighted by molar-refractivity contribution is 5.98. The first-order valence-corrected chi connectivity index (χ1v) is 10.3. The molecule has 0 N–H and O–H groups in total. The van der Waals surface area contributed by atoms with Gasteiger partial charge in [-0.25, -0.2) is 4.98 Å². The van der Waals surface area contributed by atoms with E-state index in [0.717, 1.165) is 18.0 Å². The van der Waals surface area contributed by atoms with Crippen LogP contribution in [0.25, 0.3) is 0 Å². The molecule has 7 nitrogen and oxygen atoms in total. The number of Topliss-reactive ketones (excluding diaryl/α,β-unsaturated/α-hetero) is 1. The van der Waals surface area contributed by atoms with Gasteiger partial charge in [0.1, 0.15) is 11.6 Å². The number of hydrogen-bond acceptors (Lipinski definition) is 6. The molecular weight excluding hydrogens is 380 g/mol. The first-order chi connectivity index (χ1) is 14.6. The Hall–Kier alpha value is -3.40. The maximum atomic E-state index is 12.5. The maximum absolute atomic E-state index is 12.5. The number of ether oxygens (including phenoxy) is 1. The Morgan fingerprint density at radius 3 is 2.50 bits per heavy atom. The van der Waals surface area contributed by atoms with Crippen LogP contribution in [0.2, 0.25) is 0 Å². The lowest BCUT2D eigenvalue weighted by atomic mass is 10.1. The van der Waals surface area contributed by atoms with Crippen molar-refractivity contribution in [3.63, 3.8) is 0 Å². The zero-order valence-corrected chi connectivity index (χ0v) is 17.2. The van der Waals surface area contributed by atoms with E-state index < -0.39 is 0 Å². The molecular formula is C23H26N4O3. The Labute approximate surface area is 176 Å². The van der Waals surface area contributed by atoms with Crippen molar-refractivity contribution < 1.29 is 14.3 Å². The number of pyridine rings is 1. The molecule has 0 spiro atoms. The molecule has 2 aromatic rings. The zero-order valence-electron chi connectivity index (χ0n) is 17.2. The summed E-state index contributed by atoms with van der Waals surface area (Å²) in [5, 5.41) is 9.03. The molecule has 30 heavy (non-hydrogen) atoms. The van der Waals surface area contributed by atoms with Gasteiger partial charge >= 0.3 is 0 Å². The second kappa shape index (κ2) is 10.4. The third-order valence-electron chi connectivity index (χ3n) is 5.05. The highest BCUT2D eigenvalue weighted by Crippen LogP contribution is 2.17. The number of nitriles is 1. The molecule has 0 unspecified atom stereocenters. The minimum atomic E-state index is -0.0402. The number of piperazine rings is 1. The van der Waals surface area contributed by atoms with Crippen molar-refractivity contribution in [3.05, 3.63) is 53.7 Å². The molecule has 156 valence electrons. The normalized spacial score (nSPS) is 13.6. The van der Waals surface area contributed by atoms with E-state index in [1.54, 1.807) is 47.5 Å². The van der Waals surface area contributed by atoms with E-state index >= 15 is 0 Å². The van der Waals surface area contributed by atoms with E-state index in [1.807, 2.05) is 6.92 Å². The lowest BCUT2D eigenvalue weighted by molar-refractivity contribution is -0.131. The van der Waals surface area contributed by atoms with E-state index in [0.29, 0.717) is 43.9 Å².